The maximum atomic E-state index is 12.3. The van der Waals surface area contributed by atoms with E-state index in [0.717, 1.165) is 12.8 Å². The fourth-order valence-corrected chi connectivity index (χ4v) is 2.56. The standard InChI is InChI=1S/C17H24N4O3/c1-6-8-13(18-5)15-19-14(24-20-15)11-12-9-7-10-21(12)16(22)23-17(2,3)4/h6,8,12H,1,5,7,9-11H2,2-4H3/b13-8-/t12-/m0/s1. The van der Waals surface area contributed by atoms with Crippen LogP contribution in [0.5, 0.6) is 0 Å². The van der Waals surface area contributed by atoms with Crippen LogP contribution < -0.4 is 0 Å². The zero-order valence-electron chi connectivity index (χ0n) is 14.5. The molecule has 0 bridgehead atoms. The van der Waals surface area contributed by atoms with E-state index in [-0.39, 0.29) is 12.1 Å². The van der Waals surface area contributed by atoms with E-state index in [4.69, 9.17) is 9.26 Å². The minimum absolute atomic E-state index is 0.00308. The van der Waals surface area contributed by atoms with E-state index >= 15 is 0 Å². The molecule has 0 aromatic carbocycles. The van der Waals surface area contributed by atoms with Gasteiger partial charge in [-0.3, -0.25) is 4.99 Å². The van der Waals surface area contributed by atoms with Crippen LogP contribution >= 0.6 is 0 Å². The summed E-state index contributed by atoms with van der Waals surface area (Å²) in [5.74, 6) is 0.825. The zero-order valence-corrected chi connectivity index (χ0v) is 14.5. The van der Waals surface area contributed by atoms with Crippen molar-refractivity contribution in [1.29, 1.82) is 0 Å². The second-order valence-corrected chi connectivity index (χ2v) is 6.63. The summed E-state index contributed by atoms with van der Waals surface area (Å²) in [6.45, 7) is 13.3. The SMILES string of the molecule is C=C/C=C(\N=C)c1noc(C[C@@H]2CCCN2C(=O)OC(C)(C)C)n1. The van der Waals surface area contributed by atoms with Gasteiger partial charge in [-0.25, -0.2) is 4.79 Å². The highest BCUT2D eigenvalue weighted by molar-refractivity contribution is 5.69. The van der Waals surface area contributed by atoms with Crippen LogP contribution in [0, 0.1) is 0 Å². The minimum atomic E-state index is -0.512. The van der Waals surface area contributed by atoms with Crippen LogP contribution in [-0.4, -0.2) is 46.0 Å². The summed E-state index contributed by atoms with van der Waals surface area (Å²) >= 11 is 0. The molecule has 24 heavy (non-hydrogen) atoms. The number of hydrogen-bond acceptors (Lipinski definition) is 6. The first-order chi connectivity index (χ1) is 11.3. The molecule has 0 unspecified atom stereocenters. The lowest BCUT2D eigenvalue weighted by Gasteiger charge is -2.28. The van der Waals surface area contributed by atoms with Crippen molar-refractivity contribution in [2.24, 2.45) is 4.99 Å². The molecule has 0 N–H and O–H groups in total. The number of likely N-dealkylation sites (tertiary alicyclic amines) is 1. The molecule has 7 nitrogen and oxygen atoms in total. The maximum absolute atomic E-state index is 12.3. The lowest BCUT2D eigenvalue weighted by atomic mass is 10.1. The molecule has 0 spiro atoms. The fourth-order valence-electron chi connectivity index (χ4n) is 2.56. The molecule has 2 heterocycles. The quantitative estimate of drug-likeness (QED) is 0.611. The molecule has 130 valence electrons. The molecule has 1 saturated heterocycles. The van der Waals surface area contributed by atoms with Crippen molar-refractivity contribution >= 4 is 18.5 Å². The monoisotopic (exact) mass is 332 g/mol. The van der Waals surface area contributed by atoms with Crippen LogP contribution in [0.25, 0.3) is 5.70 Å². The summed E-state index contributed by atoms with van der Waals surface area (Å²) in [5.41, 5.74) is -0.0162. The van der Waals surface area contributed by atoms with Gasteiger partial charge in [0, 0.05) is 19.0 Å². The fraction of sp³-hybridized carbons (Fsp3) is 0.529. The van der Waals surface area contributed by atoms with E-state index < -0.39 is 5.60 Å². The Balaban J connectivity index is 2.06. The van der Waals surface area contributed by atoms with Crippen LogP contribution in [-0.2, 0) is 11.2 Å². The predicted molar refractivity (Wildman–Crippen MR) is 91.7 cm³/mol. The number of allylic oxidation sites excluding steroid dienone is 2. The topological polar surface area (TPSA) is 80.8 Å². The third-order valence-corrected chi connectivity index (χ3v) is 3.56. The Morgan fingerprint density at radius 2 is 2.29 bits per heavy atom. The number of hydrogen-bond donors (Lipinski definition) is 0. The first kappa shape index (κ1) is 17.9. The number of carbonyl (C=O) groups is 1. The van der Waals surface area contributed by atoms with E-state index in [1.165, 1.54) is 0 Å². The van der Waals surface area contributed by atoms with Gasteiger partial charge in [0.1, 0.15) is 11.3 Å². The van der Waals surface area contributed by atoms with Crippen molar-refractivity contribution in [3.05, 3.63) is 30.4 Å². The summed E-state index contributed by atoms with van der Waals surface area (Å²) in [6, 6.07) is -0.00308. The number of nitrogens with zero attached hydrogens (tertiary/aromatic N) is 4. The Bertz CT molecular complexity index is 643. The van der Waals surface area contributed by atoms with E-state index in [1.807, 2.05) is 20.8 Å². The van der Waals surface area contributed by atoms with Crippen molar-refractivity contribution in [2.45, 2.75) is 51.7 Å². The second-order valence-electron chi connectivity index (χ2n) is 6.63. The van der Waals surface area contributed by atoms with Gasteiger partial charge in [-0.05, 0) is 46.4 Å². The van der Waals surface area contributed by atoms with Gasteiger partial charge in [-0.2, -0.15) is 4.98 Å². The second kappa shape index (κ2) is 7.42. The van der Waals surface area contributed by atoms with E-state index in [9.17, 15) is 4.79 Å². The van der Waals surface area contributed by atoms with Crippen molar-refractivity contribution in [1.82, 2.24) is 15.0 Å². The van der Waals surface area contributed by atoms with Crippen molar-refractivity contribution in [3.8, 4) is 0 Å². The van der Waals surface area contributed by atoms with Gasteiger partial charge in [0.15, 0.2) is 0 Å². The van der Waals surface area contributed by atoms with Crippen LogP contribution in [0.3, 0.4) is 0 Å². The maximum Gasteiger partial charge on any atom is 0.410 e. The summed E-state index contributed by atoms with van der Waals surface area (Å²) < 4.78 is 10.7. The Morgan fingerprint density at radius 1 is 1.54 bits per heavy atom. The first-order valence-corrected chi connectivity index (χ1v) is 7.96. The van der Waals surface area contributed by atoms with Crippen LogP contribution in [0.15, 0.2) is 28.2 Å². The van der Waals surface area contributed by atoms with Crippen LogP contribution in [0.4, 0.5) is 4.79 Å². The zero-order chi connectivity index (χ0) is 17.7. The Hall–Kier alpha value is -2.44. The molecule has 2 rings (SSSR count). The number of ether oxygens (including phenoxy) is 1. The molecular formula is C17H24N4O3. The van der Waals surface area contributed by atoms with Gasteiger partial charge < -0.3 is 14.2 Å². The van der Waals surface area contributed by atoms with Crippen molar-refractivity contribution < 1.29 is 14.1 Å². The molecule has 0 aliphatic carbocycles. The average molecular weight is 332 g/mol. The summed E-state index contributed by atoms with van der Waals surface area (Å²) in [7, 11) is 0. The van der Waals surface area contributed by atoms with Gasteiger partial charge in [-0.15, -0.1) is 0 Å². The molecule has 1 aliphatic rings. The number of rotatable bonds is 5. The molecule has 1 aromatic rings. The smallest absolute Gasteiger partial charge is 0.410 e. The highest BCUT2D eigenvalue weighted by Crippen LogP contribution is 2.24. The number of aromatic nitrogens is 2. The van der Waals surface area contributed by atoms with E-state index in [0.29, 0.717) is 30.4 Å². The Kier molecular flexibility index (Phi) is 5.54. The molecule has 0 saturated carbocycles. The third-order valence-electron chi connectivity index (χ3n) is 3.56. The largest absolute Gasteiger partial charge is 0.444 e. The lowest BCUT2D eigenvalue weighted by Crippen LogP contribution is -2.40. The highest BCUT2D eigenvalue weighted by Gasteiger charge is 2.33. The molecule has 0 radical (unpaired) electrons. The van der Waals surface area contributed by atoms with Gasteiger partial charge in [0.25, 0.3) is 0 Å². The van der Waals surface area contributed by atoms with Crippen LogP contribution in [0.2, 0.25) is 0 Å². The van der Waals surface area contributed by atoms with Crippen LogP contribution in [0.1, 0.15) is 45.3 Å². The van der Waals surface area contributed by atoms with E-state index in [2.05, 4.69) is 28.4 Å². The predicted octanol–water partition coefficient (Wildman–Crippen LogP) is 3.24. The molecule has 1 amide bonds. The van der Waals surface area contributed by atoms with Crippen molar-refractivity contribution in [2.75, 3.05) is 6.54 Å². The van der Waals surface area contributed by atoms with E-state index in [1.54, 1.807) is 17.1 Å². The van der Waals surface area contributed by atoms with Crippen molar-refractivity contribution in [3.63, 3.8) is 0 Å². The number of carbonyl (C=O) groups excluding carboxylic acids is 1. The van der Waals surface area contributed by atoms with Gasteiger partial charge in [0.2, 0.25) is 11.7 Å². The number of amides is 1. The summed E-state index contributed by atoms with van der Waals surface area (Å²) in [4.78, 5) is 22.2. The molecular weight excluding hydrogens is 308 g/mol. The molecule has 1 aliphatic heterocycles. The van der Waals surface area contributed by atoms with Gasteiger partial charge >= 0.3 is 6.09 Å². The summed E-state index contributed by atoms with van der Waals surface area (Å²) in [6.07, 6.45) is 5.24. The molecule has 7 heteroatoms. The average Bonchev–Trinajstić information content (AvgIpc) is 3.13. The lowest BCUT2D eigenvalue weighted by molar-refractivity contribution is 0.0222. The summed E-state index contributed by atoms with van der Waals surface area (Å²) in [5, 5.41) is 3.91. The first-order valence-electron chi connectivity index (χ1n) is 7.96. The van der Waals surface area contributed by atoms with Gasteiger partial charge in [0.05, 0.1) is 0 Å². The Morgan fingerprint density at radius 3 is 2.92 bits per heavy atom. The number of aliphatic imine (C=N–C) groups is 1. The molecule has 1 aromatic heterocycles. The third kappa shape index (κ3) is 4.53. The molecule has 1 atom stereocenters. The van der Waals surface area contributed by atoms with Gasteiger partial charge in [-0.1, -0.05) is 17.8 Å². The molecule has 1 fully saturated rings. The minimum Gasteiger partial charge on any atom is -0.444 e. The normalized spacial score (nSPS) is 18.5. The highest BCUT2D eigenvalue weighted by atomic mass is 16.6. The Labute approximate surface area is 142 Å².